The SMILES string of the molecule is C=CCc1cc2c3c(c1)cc(C(=O)OCC)n3CCC2. The van der Waals surface area contributed by atoms with Gasteiger partial charge in [0.2, 0.25) is 0 Å². The second-order valence-electron chi connectivity index (χ2n) is 5.19. The number of ether oxygens (including phenoxy) is 1. The quantitative estimate of drug-likeness (QED) is 0.628. The Bertz CT molecular complexity index is 682. The van der Waals surface area contributed by atoms with Crippen LogP contribution in [0.15, 0.2) is 30.9 Å². The van der Waals surface area contributed by atoms with Crippen molar-refractivity contribution in [1.29, 1.82) is 0 Å². The van der Waals surface area contributed by atoms with Crippen molar-refractivity contribution < 1.29 is 9.53 Å². The van der Waals surface area contributed by atoms with E-state index in [4.69, 9.17) is 4.74 Å². The van der Waals surface area contributed by atoms with Gasteiger partial charge in [0.25, 0.3) is 0 Å². The summed E-state index contributed by atoms with van der Waals surface area (Å²) in [5.74, 6) is -0.221. The number of esters is 1. The zero-order valence-electron chi connectivity index (χ0n) is 11.8. The van der Waals surface area contributed by atoms with Crippen molar-refractivity contribution in [2.75, 3.05) is 6.61 Å². The highest BCUT2D eigenvalue weighted by molar-refractivity contribution is 5.97. The zero-order chi connectivity index (χ0) is 14.1. The first-order valence-corrected chi connectivity index (χ1v) is 7.17. The van der Waals surface area contributed by atoms with E-state index in [0.29, 0.717) is 12.3 Å². The van der Waals surface area contributed by atoms with Crippen LogP contribution in [-0.2, 0) is 24.1 Å². The molecule has 1 aliphatic rings. The number of carbonyl (C=O) groups excluding carboxylic acids is 1. The molecule has 3 heteroatoms. The van der Waals surface area contributed by atoms with Crippen molar-refractivity contribution in [3.63, 3.8) is 0 Å². The van der Waals surface area contributed by atoms with E-state index in [2.05, 4.69) is 23.3 Å². The minimum absolute atomic E-state index is 0.221. The fraction of sp³-hybridized carbons (Fsp3) is 0.353. The Kier molecular flexibility index (Phi) is 3.35. The molecular weight excluding hydrogens is 250 g/mol. The molecular formula is C17H19NO2. The molecule has 104 valence electrons. The zero-order valence-corrected chi connectivity index (χ0v) is 11.8. The van der Waals surface area contributed by atoms with Gasteiger partial charge < -0.3 is 9.30 Å². The van der Waals surface area contributed by atoms with Crippen LogP contribution in [0, 0.1) is 0 Å². The van der Waals surface area contributed by atoms with Gasteiger partial charge in [-0.25, -0.2) is 4.79 Å². The van der Waals surface area contributed by atoms with Gasteiger partial charge in [-0.1, -0.05) is 12.1 Å². The molecule has 1 aromatic heterocycles. The number of allylic oxidation sites excluding steroid dienone is 1. The van der Waals surface area contributed by atoms with Crippen LogP contribution < -0.4 is 0 Å². The topological polar surface area (TPSA) is 31.2 Å². The summed E-state index contributed by atoms with van der Waals surface area (Å²) in [6.07, 6.45) is 4.93. The van der Waals surface area contributed by atoms with E-state index in [9.17, 15) is 4.79 Å². The minimum Gasteiger partial charge on any atom is -0.461 e. The van der Waals surface area contributed by atoms with Crippen molar-refractivity contribution in [1.82, 2.24) is 4.57 Å². The van der Waals surface area contributed by atoms with E-state index in [1.54, 1.807) is 0 Å². The maximum Gasteiger partial charge on any atom is 0.354 e. The fourth-order valence-corrected chi connectivity index (χ4v) is 3.08. The smallest absolute Gasteiger partial charge is 0.354 e. The van der Waals surface area contributed by atoms with Crippen LogP contribution in [-0.4, -0.2) is 17.1 Å². The van der Waals surface area contributed by atoms with Crippen molar-refractivity contribution in [3.05, 3.63) is 47.7 Å². The third-order valence-electron chi connectivity index (χ3n) is 3.82. The molecule has 3 rings (SSSR count). The van der Waals surface area contributed by atoms with Gasteiger partial charge in [0.15, 0.2) is 0 Å². The van der Waals surface area contributed by atoms with Gasteiger partial charge in [0, 0.05) is 11.9 Å². The Morgan fingerprint density at radius 3 is 3.05 bits per heavy atom. The first-order valence-electron chi connectivity index (χ1n) is 7.17. The summed E-state index contributed by atoms with van der Waals surface area (Å²) in [5.41, 5.74) is 4.48. The number of carbonyl (C=O) groups is 1. The number of benzene rings is 1. The lowest BCUT2D eigenvalue weighted by molar-refractivity contribution is 0.0514. The molecule has 0 spiro atoms. The predicted octanol–water partition coefficient (Wildman–Crippen LogP) is 3.49. The van der Waals surface area contributed by atoms with Crippen LogP contribution >= 0.6 is 0 Å². The molecule has 0 aliphatic carbocycles. The molecule has 0 amide bonds. The summed E-state index contributed by atoms with van der Waals surface area (Å²) in [5, 5.41) is 1.14. The average Bonchev–Trinajstić information content (AvgIpc) is 2.80. The lowest BCUT2D eigenvalue weighted by Crippen LogP contribution is -2.15. The Morgan fingerprint density at radius 1 is 1.45 bits per heavy atom. The first-order chi connectivity index (χ1) is 9.74. The average molecular weight is 269 g/mol. The van der Waals surface area contributed by atoms with Gasteiger partial charge in [-0.15, -0.1) is 6.58 Å². The Morgan fingerprint density at radius 2 is 2.30 bits per heavy atom. The summed E-state index contributed by atoms with van der Waals surface area (Å²) in [4.78, 5) is 12.1. The molecule has 2 aromatic rings. The van der Waals surface area contributed by atoms with Crippen molar-refractivity contribution in [3.8, 4) is 0 Å². The summed E-state index contributed by atoms with van der Waals surface area (Å²) in [6.45, 7) is 6.95. The lowest BCUT2D eigenvalue weighted by atomic mass is 9.99. The molecule has 0 saturated carbocycles. The second-order valence-corrected chi connectivity index (χ2v) is 5.19. The number of nitrogens with zero attached hydrogens (tertiary/aromatic N) is 1. The Labute approximate surface area is 118 Å². The highest BCUT2D eigenvalue weighted by Crippen LogP contribution is 2.30. The van der Waals surface area contributed by atoms with Gasteiger partial charge >= 0.3 is 5.97 Å². The maximum atomic E-state index is 12.1. The number of hydrogen-bond donors (Lipinski definition) is 0. The molecule has 1 aliphatic heterocycles. The number of hydrogen-bond acceptors (Lipinski definition) is 2. The number of aryl methyl sites for hydroxylation is 2. The van der Waals surface area contributed by atoms with Crippen molar-refractivity contribution in [2.45, 2.75) is 32.7 Å². The van der Waals surface area contributed by atoms with Crippen LogP contribution in [0.1, 0.15) is 35.0 Å². The van der Waals surface area contributed by atoms with Crippen LogP contribution in [0.2, 0.25) is 0 Å². The van der Waals surface area contributed by atoms with Gasteiger partial charge in [-0.3, -0.25) is 0 Å². The standard InChI is InChI=1S/C17H19NO2/c1-3-6-12-9-13-7-5-8-18-15(17(19)20-4-2)11-14(10-12)16(13)18/h3,9-11H,1,4-8H2,2H3. The Hall–Kier alpha value is -2.03. The molecule has 0 radical (unpaired) electrons. The maximum absolute atomic E-state index is 12.1. The van der Waals surface area contributed by atoms with Crippen LogP contribution in [0.4, 0.5) is 0 Å². The summed E-state index contributed by atoms with van der Waals surface area (Å²) < 4.78 is 7.28. The third kappa shape index (κ3) is 2.03. The first kappa shape index (κ1) is 13.0. The van der Waals surface area contributed by atoms with Gasteiger partial charge in [0.05, 0.1) is 12.1 Å². The van der Waals surface area contributed by atoms with Crippen molar-refractivity contribution >= 4 is 16.9 Å². The summed E-state index contributed by atoms with van der Waals surface area (Å²) in [6, 6.07) is 6.37. The fourth-order valence-electron chi connectivity index (χ4n) is 3.08. The van der Waals surface area contributed by atoms with Crippen LogP contribution in [0.25, 0.3) is 10.9 Å². The predicted molar refractivity (Wildman–Crippen MR) is 80.1 cm³/mol. The largest absolute Gasteiger partial charge is 0.461 e. The Balaban J connectivity index is 2.18. The molecule has 0 unspecified atom stereocenters. The molecule has 0 saturated heterocycles. The van der Waals surface area contributed by atoms with Crippen molar-refractivity contribution in [2.24, 2.45) is 0 Å². The highest BCUT2D eigenvalue weighted by Gasteiger charge is 2.21. The van der Waals surface area contributed by atoms with E-state index >= 15 is 0 Å². The number of rotatable bonds is 4. The van der Waals surface area contributed by atoms with E-state index in [-0.39, 0.29) is 5.97 Å². The third-order valence-corrected chi connectivity index (χ3v) is 3.82. The van der Waals surface area contributed by atoms with E-state index < -0.39 is 0 Å². The lowest BCUT2D eigenvalue weighted by Gasteiger charge is -2.18. The molecule has 0 atom stereocenters. The molecule has 2 heterocycles. The molecule has 3 nitrogen and oxygen atoms in total. The molecule has 20 heavy (non-hydrogen) atoms. The second kappa shape index (κ2) is 5.16. The van der Waals surface area contributed by atoms with Gasteiger partial charge in [-0.2, -0.15) is 0 Å². The molecule has 0 bridgehead atoms. The molecule has 0 fully saturated rings. The summed E-state index contributed by atoms with van der Waals surface area (Å²) >= 11 is 0. The monoisotopic (exact) mass is 269 g/mol. The minimum atomic E-state index is -0.221. The van der Waals surface area contributed by atoms with Gasteiger partial charge in [0.1, 0.15) is 5.69 Å². The van der Waals surface area contributed by atoms with E-state index in [1.807, 2.05) is 19.1 Å². The van der Waals surface area contributed by atoms with Gasteiger partial charge in [-0.05, 0) is 49.4 Å². The van der Waals surface area contributed by atoms with E-state index in [0.717, 1.165) is 31.2 Å². The van der Waals surface area contributed by atoms with Crippen LogP contribution in [0.3, 0.4) is 0 Å². The summed E-state index contributed by atoms with van der Waals surface area (Å²) in [7, 11) is 0. The molecule has 1 aromatic carbocycles. The van der Waals surface area contributed by atoms with Crippen LogP contribution in [0.5, 0.6) is 0 Å². The van der Waals surface area contributed by atoms with E-state index in [1.165, 1.54) is 16.6 Å². The normalized spacial score (nSPS) is 13.4. The molecule has 0 N–H and O–H groups in total. The highest BCUT2D eigenvalue weighted by atomic mass is 16.5. The number of aromatic nitrogens is 1.